The van der Waals surface area contributed by atoms with Crippen LogP contribution >= 0.6 is 0 Å². The molecule has 0 saturated carbocycles. The van der Waals surface area contributed by atoms with E-state index in [2.05, 4.69) is 15.3 Å². The number of nitrogens with zero attached hydrogens (tertiary/aromatic N) is 5. The molecule has 8 nitrogen and oxygen atoms in total. The Morgan fingerprint density at radius 2 is 2.09 bits per heavy atom. The Morgan fingerprint density at radius 3 is 2.74 bits per heavy atom. The predicted octanol–water partition coefficient (Wildman–Crippen LogP) is 0.971. The first-order valence-corrected chi connectivity index (χ1v) is 6.94. The van der Waals surface area contributed by atoms with E-state index >= 15 is 0 Å². The first-order valence-electron chi connectivity index (χ1n) is 6.94. The molecule has 1 aromatic carbocycles. The average Bonchev–Trinajstić information content (AvgIpc) is 2.98. The minimum atomic E-state index is -0.495. The van der Waals surface area contributed by atoms with Gasteiger partial charge >= 0.3 is 5.97 Å². The minimum Gasteiger partial charge on any atom is -0.465 e. The van der Waals surface area contributed by atoms with Gasteiger partial charge in [0, 0.05) is 13.2 Å². The number of hydrazine groups is 1. The number of fused-ring (bicyclic) bond motifs is 1. The molecule has 23 heavy (non-hydrogen) atoms. The van der Waals surface area contributed by atoms with Crippen LogP contribution in [0, 0.1) is 0 Å². The van der Waals surface area contributed by atoms with Gasteiger partial charge in [0.25, 0.3) is 0 Å². The Morgan fingerprint density at radius 1 is 1.35 bits per heavy atom. The summed E-state index contributed by atoms with van der Waals surface area (Å²) >= 11 is 0. The maximum atomic E-state index is 12.0. The molecule has 0 atom stereocenters. The first-order chi connectivity index (χ1) is 11.1. The van der Waals surface area contributed by atoms with Gasteiger partial charge in [0.1, 0.15) is 11.1 Å². The molecule has 0 aliphatic rings. The van der Waals surface area contributed by atoms with E-state index in [9.17, 15) is 4.79 Å². The van der Waals surface area contributed by atoms with Crippen LogP contribution in [0.2, 0.25) is 0 Å². The number of ether oxygens (including phenoxy) is 1. The van der Waals surface area contributed by atoms with Gasteiger partial charge < -0.3 is 4.74 Å². The van der Waals surface area contributed by atoms with Crippen LogP contribution < -0.4 is 10.9 Å². The van der Waals surface area contributed by atoms with Crippen LogP contribution in [0.15, 0.2) is 36.5 Å². The summed E-state index contributed by atoms with van der Waals surface area (Å²) in [7, 11) is 2.97. The Kier molecular flexibility index (Phi) is 3.90. The van der Waals surface area contributed by atoms with Crippen molar-refractivity contribution < 1.29 is 9.53 Å². The van der Waals surface area contributed by atoms with Gasteiger partial charge in [-0.1, -0.05) is 35.5 Å². The quantitative estimate of drug-likeness (QED) is 0.435. The number of hydrogen-bond acceptors (Lipinski definition) is 7. The molecule has 2 heterocycles. The number of anilines is 1. The molecule has 0 aliphatic carbocycles. The summed E-state index contributed by atoms with van der Waals surface area (Å²) in [5, 5.41) is 9.62. The fraction of sp³-hybridized carbons (Fsp3) is 0.200. The highest BCUT2D eigenvalue weighted by atomic mass is 16.5. The second-order valence-corrected chi connectivity index (χ2v) is 5.03. The van der Waals surface area contributed by atoms with E-state index in [1.807, 2.05) is 30.3 Å². The lowest BCUT2D eigenvalue weighted by Gasteiger charge is -2.12. The predicted molar refractivity (Wildman–Crippen MR) is 84.8 cm³/mol. The molecule has 0 aliphatic heterocycles. The van der Waals surface area contributed by atoms with E-state index in [4.69, 9.17) is 10.6 Å². The van der Waals surface area contributed by atoms with Crippen molar-refractivity contribution in [3.8, 4) is 0 Å². The van der Waals surface area contributed by atoms with Gasteiger partial charge in [-0.25, -0.2) is 20.3 Å². The maximum Gasteiger partial charge on any atom is 0.341 e. The van der Waals surface area contributed by atoms with Crippen LogP contribution in [0.4, 0.5) is 5.82 Å². The molecule has 0 saturated heterocycles. The number of carbonyl (C=O) groups is 1. The molecule has 2 N–H and O–H groups in total. The molecular weight excluding hydrogens is 296 g/mol. The normalized spacial score (nSPS) is 10.7. The SMILES string of the molecule is COC(=O)c1cnc(N(C)N)c2nnn(Cc3ccccc3)c12. The average molecular weight is 312 g/mol. The number of hydrogen-bond donors (Lipinski definition) is 1. The number of nitrogens with two attached hydrogens (primary N) is 1. The molecule has 0 unspecified atom stereocenters. The monoisotopic (exact) mass is 312 g/mol. The zero-order valence-electron chi connectivity index (χ0n) is 12.8. The molecule has 8 heteroatoms. The van der Waals surface area contributed by atoms with Crippen molar-refractivity contribution in [2.75, 3.05) is 19.2 Å². The number of carbonyl (C=O) groups excluding carboxylic acids is 1. The Hall–Kier alpha value is -3.00. The van der Waals surface area contributed by atoms with Gasteiger partial charge in [-0.2, -0.15) is 0 Å². The smallest absolute Gasteiger partial charge is 0.341 e. The Bertz CT molecular complexity index is 844. The third kappa shape index (κ3) is 2.71. The van der Waals surface area contributed by atoms with E-state index in [0.29, 0.717) is 29.0 Å². The largest absolute Gasteiger partial charge is 0.465 e. The third-order valence-electron chi connectivity index (χ3n) is 3.43. The fourth-order valence-electron chi connectivity index (χ4n) is 2.36. The van der Waals surface area contributed by atoms with Crippen molar-refractivity contribution in [2.45, 2.75) is 6.54 Å². The van der Waals surface area contributed by atoms with Crippen molar-refractivity contribution in [1.29, 1.82) is 0 Å². The molecule has 2 aromatic heterocycles. The zero-order valence-corrected chi connectivity index (χ0v) is 12.8. The molecule has 0 radical (unpaired) electrons. The summed E-state index contributed by atoms with van der Waals surface area (Å²) in [5.41, 5.74) is 2.33. The van der Waals surface area contributed by atoms with Gasteiger partial charge in [0.2, 0.25) is 0 Å². The highest BCUT2D eigenvalue weighted by Crippen LogP contribution is 2.24. The van der Waals surface area contributed by atoms with E-state index in [1.165, 1.54) is 18.3 Å². The van der Waals surface area contributed by atoms with Gasteiger partial charge in [-0.05, 0) is 5.56 Å². The van der Waals surface area contributed by atoms with Crippen LogP contribution in [0.1, 0.15) is 15.9 Å². The lowest BCUT2D eigenvalue weighted by Crippen LogP contribution is -2.26. The van der Waals surface area contributed by atoms with Crippen molar-refractivity contribution in [3.63, 3.8) is 0 Å². The number of aromatic nitrogens is 4. The molecule has 0 fully saturated rings. The number of esters is 1. The van der Waals surface area contributed by atoms with Crippen LogP contribution in [-0.2, 0) is 11.3 Å². The highest BCUT2D eigenvalue weighted by molar-refractivity contribution is 6.04. The molecule has 3 rings (SSSR count). The van der Waals surface area contributed by atoms with Gasteiger partial charge in [-0.15, -0.1) is 5.10 Å². The number of methoxy groups -OCH3 is 1. The summed E-state index contributed by atoms with van der Waals surface area (Å²) in [6, 6.07) is 9.77. The first kappa shape index (κ1) is 14.9. The lowest BCUT2D eigenvalue weighted by molar-refractivity contribution is 0.0602. The zero-order chi connectivity index (χ0) is 16.4. The molecule has 0 amide bonds. The fourth-order valence-corrected chi connectivity index (χ4v) is 2.36. The number of rotatable bonds is 4. The van der Waals surface area contributed by atoms with Crippen molar-refractivity contribution >= 4 is 22.8 Å². The van der Waals surface area contributed by atoms with Gasteiger partial charge in [0.15, 0.2) is 11.3 Å². The van der Waals surface area contributed by atoms with Crippen molar-refractivity contribution in [2.24, 2.45) is 5.84 Å². The summed E-state index contributed by atoms with van der Waals surface area (Å²) in [5.74, 6) is 5.72. The summed E-state index contributed by atoms with van der Waals surface area (Å²) in [6.45, 7) is 0.471. The molecule has 0 bridgehead atoms. The summed E-state index contributed by atoms with van der Waals surface area (Å²) in [4.78, 5) is 16.2. The second kappa shape index (κ2) is 6.01. The van der Waals surface area contributed by atoms with Crippen molar-refractivity contribution in [3.05, 3.63) is 47.7 Å². The summed E-state index contributed by atoms with van der Waals surface area (Å²) < 4.78 is 6.47. The third-order valence-corrected chi connectivity index (χ3v) is 3.43. The number of benzene rings is 1. The standard InChI is InChI=1S/C15H16N6O2/c1-20(16)14-12-13(11(8-17-14)15(22)23-2)21(19-18-12)9-10-6-4-3-5-7-10/h3-8H,9,16H2,1-2H3. The van der Waals surface area contributed by atoms with E-state index in [0.717, 1.165) is 5.56 Å². The maximum absolute atomic E-state index is 12.0. The lowest BCUT2D eigenvalue weighted by atomic mass is 10.2. The van der Waals surface area contributed by atoms with Crippen LogP contribution in [-0.4, -0.2) is 40.1 Å². The Labute approximate surface area is 132 Å². The van der Waals surface area contributed by atoms with Crippen LogP contribution in [0.5, 0.6) is 0 Å². The second-order valence-electron chi connectivity index (χ2n) is 5.03. The number of pyridine rings is 1. The Balaban J connectivity index is 2.18. The van der Waals surface area contributed by atoms with Crippen molar-refractivity contribution in [1.82, 2.24) is 20.0 Å². The van der Waals surface area contributed by atoms with E-state index in [1.54, 1.807) is 11.7 Å². The molecular formula is C15H16N6O2. The van der Waals surface area contributed by atoms with Gasteiger partial charge in [0.05, 0.1) is 13.7 Å². The van der Waals surface area contributed by atoms with Crippen LogP contribution in [0.3, 0.4) is 0 Å². The molecule has 3 aromatic rings. The van der Waals surface area contributed by atoms with Crippen LogP contribution in [0.25, 0.3) is 11.0 Å². The topological polar surface area (TPSA) is 99.2 Å². The highest BCUT2D eigenvalue weighted by Gasteiger charge is 2.21. The van der Waals surface area contributed by atoms with E-state index in [-0.39, 0.29) is 0 Å². The summed E-state index contributed by atoms with van der Waals surface area (Å²) in [6.07, 6.45) is 1.43. The molecule has 0 spiro atoms. The minimum absolute atomic E-state index is 0.300. The molecule has 118 valence electrons. The van der Waals surface area contributed by atoms with Gasteiger partial charge in [-0.3, -0.25) is 5.01 Å². The van der Waals surface area contributed by atoms with E-state index < -0.39 is 5.97 Å².